The van der Waals surface area contributed by atoms with Crippen LogP contribution in [0.2, 0.25) is 0 Å². The largest absolute Gasteiger partial charge is 0.448 e. The Balaban J connectivity index is 1.46. The van der Waals surface area contributed by atoms with E-state index in [1.165, 1.54) is 30.0 Å². The minimum absolute atomic E-state index is 0.0378. The molecule has 1 fully saturated rings. The quantitative estimate of drug-likeness (QED) is 0.332. The van der Waals surface area contributed by atoms with Crippen molar-refractivity contribution in [3.05, 3.63) is 64.2 Å². The number of amides is 1. The van der Waals surface area contributed by atoms with Gasteiger partial charge in [-0.25, -0.2) is 9.37 Å². The molecule has 0 bridgehead atoms. The summed E-state index contributed by atoms with van der Waals surface area (Å²) in [6.45, 7) is 2.74. The third-order valence-electron chi connectivity index (χ3n) is 5.65. The van der Waals surface area contributed by atoms with Gasteiger partial charge in [0.2, 0.25) is 11.5 Å². The summed E-state index contributed by atoms with van der Waals surface area (Å²) in [5, 5.41) is 3.97. The van der Waals surface area contributed by atoms with Crippen LogP contribution >= 0.6 is 11.8 Å². The van der Waals surface area contributed by atoms with Gasteiger partial charge in [0.25, 0.3) is 5.56 Å². The summed E-state index contributed by atoms with van der Waals surface area (Å²) in [7, 11) is 0. The highest BCUT2D eigenvalue weighted by Gasteiger charge is 2.23. The second-order valence-electron chi connectivity index (χ2n) is 8.02. The van der Waals surface area contributed by atoms with Crippen molar-refractivity contribution in [1.82, 2.24) is 9.55 Å². The lowest BCUT2D eigenvalue weighted by atomic mass is 10.2. The van der Waals surface area contributed by atoms with Gasteiger partial charge in [0.15, 0.2) is 5.16 Å². The molecule has 1 unspecified atom stereocenters. The van der Waals surface area contributed by atoms with Crippen LogP contribution in [-0.2, 0) is 16.1 Å². The molecule has 7 nitrogen and oxygen atoms in total. The number of benzene rings is 2. The van der Waals surface area contributed by atoms with Gasteiger partial charge in [-0.15, -0.1) is 0 Å². The molecule has 9 heteroatoms. The van der Waals surface area contributed by atoms with Crippen LogP contribution in [0.1, 0.15) is 18.4 Å². The first-order chi connectivity index (χ1) is 16.0. The predicted molar refractivity (Wildman–Crippen MR) is 125 cm³/mol. The van der Waals surface area contributed by atoms with Crippen LogP contribution in [0.15, 0.2) is 56.8 Å². The number of aromatic nitrogens is 2. The monoisotopic (exact) mass is 467 g/mol. The number of anilines is 1. The SMILES string of the molecule is Cc1cc(F)ccc1NC(=O)CSc1nc2c(oc3ccccc32)c(=O)n1CC1CCCO1. The van der Waals surface area contributed by atoms with Crippen LogP contribution in [0.5, 0.6) is 0 Å². The molecule has 5 rings (SSSR count). The predicted octanol–water partition coefficient (Wildman–Crippen LogP) is 4.50. The van der Waals surface area contributed by atoms with Crippen LogP contribution in [0.4, 0.5) is 10.1 Å². The molecule has 1 aliphatic rings. The topological polar surface area (TPSA) is 86.4 Å². The van der Waals surface area contributed by atoms with E-state index >= 15 is 0 Å². The number of para-hydroxylation sites is 1. The Kier molecular flexibility index (Phi) is 5.90. The fourth-order valence-corrected chi connectivity index (χ4v) is 4.80. The number of ether oxygens (including phenoxy) is 1. The fraction of sp³-hybridized carbons (Fsp3) is 0.292. The van der Waals surface area contributed by atoms with E-state index in [2.05, 4.69) is 5.32 Å². The number of carbonyl (C=O) groups is 1. The number of aryl methyl sites for hydroxylation is 1. The highest BCUT2D eigenvalue weighted by atomic mass is 32.2. The van der Waals surface area contributed by atoms with E-state index in [4.69, 9.17) is 14.1 Å². The molecular weight excluding hydrogens is 445 g/mol. The van der Waals surface area contributed by atoms with Gasteiger partial charge < -0.3 is 14.5 Å². The maximum atomic E-state index is 13.3. The van der Waals surface area contributed by atoms with E-state index in [-0.39, 0.29) is 34.7 Å². The van der Waals surface area contributed by atoms with Crippen molar-refractivity contribution < 1.29 is 18.3 Å². The Bertz CT molecular complexity index is 1410. The average molecular weight is 468 g/mol. The zero-order valence-electron chi connectivity index (χ0n) is 18.0. The number of rotatable bonds is 6. The van der Waals surface area contributed by atoms with Crippen molar-refractivity contribution in [1.29, 1.82) is 0 Å². The van der Waals surface area contributed by atoms with Gasteiger partial charge in [-0.3, -0.25) is 14.2 Å². The van der Waals surface area contributed by atoms with Gasteiger partial charge in [-0.1, -0.05) is 23.9 Å². The summed E-state index contributed by atoms with van der Waals surface area (Å²) in [5.41, 5.74) is 2.16. The van der Waals surface area contributed by atoms with Crippen LogP contribution in [-0.4, -0.2) is 33.9 Å². The first-order valence-corrected chi connectivity index (χ1v) is 11.7. The van der Waals surface area contributed by atoms with E-state index < -0.39 is 0 Å². The van der Waals surface area contributed by atoms with Gasteiger partial charge in [0, 0.05) is 17.7 Å². The Labute approximate surface area is 192 Å². The third-order valence-corrected chi connectivity index (χ3v) is 6.63. The molecule has 2 aromatic heterocycles. The van der Waals surface area contributed by atoms with Gasteiger partial charge in [-0.05, 0) is 55.7 Å². The molecule has 2 aromatic carbocycles. The fourth-order valence-electron chi connectivity index (χ4n) is 4.00. The zero-order chi connectivity index (χ0) is 22.9. The highest BCUT2D eigenvalue weighted by molar-refractivity contribution is 7.99. The lowest BCUT2D eigenvalue weighted by Crippen LogP contribution is -2.29. The molecule has 1 amide bonds. The molecule has 0 saturated carbocycles. The number of nitrogens with zero attached hydrogens (tertiary/aromatic N) is 2. The standard InChI is InChI=1S/C24H22FN3O4S/c1-14-11-15(25)8-9-18(14)26-20(29)13-33-24-27-21-17-6-2-3-7-19(17)32-22(21)23(30)28(24)12-16-5-4-10-31-16/h2-3,6-9,11,16H,4-5,10,12-13H2,1H3,(H,26,29). The Morgan fingerprint density at radius 3 is 2.94 bits per heavy atom. The number of halogens is 1. The first kappa shape index (κ1) is 21.7. The van der Waals surface area contributed by atoms with E-state index in [0.29, 0.717) is 40.7 Å². The molecule has 0 aliphatic carbocycles. The number of hydrogen-bond donors (Lipinski definition) is 1. The van der Waals surface area contributed by atoms with E-state index in [0.717, 1.165) is 18.2 Å². The summed E-state index contributed by atoms with van der Waals surface area (Å²) >= 11 is 1.18. The van der Waals surface area contributed by atoms with Crippen molar-refractivity contribution in [2.24, 2.45) is 0 Å². The molecule has 1 saturated heterocycles. The number of nitrogens with one attached hydrogen (secondary N) is 1. The normalized spacial score (nSPS) is 16.0. The molecule has 1 aliphatic heterocycles. The summed E-state index contributed by atoms with van der Waals surface area (Å²) in [6, 6.07) is 11.6. The molecular formula is C24H22FN3O4S. The minimum atomic E-state index is -0.358. The molecule has 0 spiro atoms. The molecule has 170 valence electrons. The molecule has 4 aromatic rings. The number of fused-ring (bicyclic) bond motifs is 3. The Hall–Kier alpha value is -3.17. The van der Waals surface area contributed by atoms with Gasteiger partial charge >= 0.3 is 0 Å². The van der Waals surface area contributed by atoms with Crippen molar-refractivity contribution in [2.75, 3.05) is 17.7 Å². The van der Waals surface area contributed by atoms with Gasteiger partial charge in [-0.2, -0.15) is 0 Å². The molecule has 33 heavy (non-hydrogen) atoms. The molecule has 1 N–H and O–H groups in total. The van der Waals surface area contributed by atoms with Crippen LogP contribution in [0.3, 0.4) is 0 Å². The van der Waals surface area contributed by atoms with Crippen LogP contribution in [0.25, 0.3) is 22.1 Å². The van der Waals surface area contributed by atoms with Crippen molar-refractivity contribution in [3.8, 4) is 0 Å². The number of thioether (sulfide) groups is 1. The van der Waals surface area contributed by atoms with Gasteiger partial charge in [0.05, 0.1) is 18.4 Å². The second kappa shape index (κ2) is 8.99. The third kappa shape index (κ3) is 4.38. The minimum Gasteiger partial charge on any atom is -0.448 e. The van der Waals surface area contributed by atoms with Crippen LogP contribution in [0, 0.1) is 12.7 Å². The number of hydrogen-bond acceptors (Lipinski definition) is 6. The van der Waals surface area contributed by atoms with E-state index in [9.17, 15) is 14.0 Å². The highest BCUT2D eigenvalue weighted by Crippen LogP contribution is 2.28. The van der Waals surface area contributed by atoms with Gasteiger partial charge in [0.1, 0.15) is 16.9 Å². The smallest absolute Gasteiger partial charge is 0.297 e. The van der Waals surface area contributed by atoms with Crippen LogP contribution < -0.4 is 10.9 Å². The lowest BCUT2D eigenvalue weighted by Gasteiger charge is -2.15. The number of furan rings is 1. The summed E-state index contributed by atoms with van der Waals surface area (Å²) in [6.07, 6.45) is 1.72. The maximum absolute atomic E-state index is 13.3. The van der Waals surface area contributed by atoms with Crippen molar-refractivity contribution in [2.45, 2.75) is 37.6 Å². The summed E-state index contributed by atoms with van der Waals surface area (Å²) < 4.78 is 26.4. The Morgan fingerprint density at radius 2 is 2.15 bits per heavy atom. The first-order valence-electron chi connectivity index (χ1n) is 10.7. The number of carbonyl (C=O) groups excluding carboxylic acids is 1. The van der Waals surface area contributed by atoms with E-state index in [1.807, 2.05) is 18.2 Å². The molecule has 0 radical (unpaired) electrons. The Morgan fingerprint density at radius 1 is 1.30 bits per heavy atom. The molecule has 1 atom stereocenters. The summed E-state index contributed by atoms with van der Waals surface area (Å²) in [5.74, 6) is -0.594. The van der Waals surface area contributed by atoms with E-state index in [1.54, 1.807) is 17.6 Å². The van der Waals surface area contributed by atoms with Crippen molar-refractivity contribution >= 4 is 45.4 Å². The summed E-state index contributed by atoms with van der Waals surface area (Å²) in [4.78, 5) is 30.7. The second-order valence-corrected chi connectivity index (χ2v) is 8.96. The average Bonchev–Trinajstić information content (AvgIpc) is 3.44. The maximum Gasteiger partial charge on any atom is 0.297 e. The zero-order valence-corrected chi connectivity index (χ0v) is 18.8. The molecule has 3 heterocycles. The van der Waals surface area contributed by atoms with Crippen molar-refractivity contribution in [3.63, 3.8) is 0 Å². The lowest BCUT2D eigenvalue weighted by molar-refractivity contribution is -0.113.